The van der Waals surface area contributed by atoms with Gasteiger partial charge in [0, 0.05) is 22.7 Å². The van der Waals surface area contributed by atoms with E-state index in [0.29, 0.717) is 22.6 Å². The van der Waals surface area contributed by atoms with Crippen LogP contribution in [0.3, 0.4) is 0 Å². The normalized spacial score (nSPS) is 15.5. The molecule has 2 aromatic carbocycles. The molecule has 1 aliphatic rings. The van der Waals surface area contributed by atoms with Crippen LogP contribution >= 0.6 is 0 Å². The van der Waals surface area contributed by atoms with Gasteiger partial charge in [-0.05, 0) is 36.2 Å². The molecule has 0 bridgehead atoms. The Morgan fingerprint density at radius 1 is 0.938 bits per heavy atom. The van der Waals surface area contributed by atoms with Crippen LogP contribution in [-0.2, 0) is 6.18 Å². The van der Waals surface area contributed by atoms with Crippen LogP contribution in [0.5, 0.6) is 0 Å². The third-order valence-electron chi connectivity index (χ3n) is 5.59. The Balaban J connectivity index is 1.66. The van der Waals surface area contributed by atoms with Crippen LogP contribution in [0, 0.1) is 0 Å². The molecule has 0 saturated heterocycles. The zero-order chi connectivity index (χ0) is 22.3. The molecule has 32 heavy (non-hydrogen) atoms. The van der Waals surface area contributed by atoms with Crippen molar-refractivity contribution in [2.45, 2.75) is 25.6 Å². The van der Waals surface area contributed by atoms with Gasteiger partial charge >= 0.3 is 6.18 Å². The first kappa shape index (κ1) is 20.2. The number of nitrogens with one attached hydrogen (secondary N) is 1. The zero-order valence-corrected chi connectivity index (χ0v) is 17.2. The highest BCUT2D eigenvalue weighted by molar-refractivity contribution is 6.13. The van der Waals surface area contributed by atoms with Crippen LogP contribution in [0.15, 0.2) is 77.9 Å². The molecule has 0 aliphatic carbocycles. The van der Waals surface area contributed by atoms with E-state index in [1.54, 1.807) is 24.4 Å². The van der Waals surface area contributed by atoms with Gasteiger partial charge in [-0.2, -0.15) is 13.2 Å². The summed E-state index contributed by atoms with van der Waals surface area (Å²) in [6.07, 6.45) is -2.04. The second kappa shape index (κ2) is 7.75. The number of rotatable bonds is 3. The Hall–Kier alpha value is -3.74. The van der Waals surface area contributed by atoms with Gasteiger partial charge in [-0.3, -0.25) is 9.98 Å². The Morgan fingerprint density at radius 2 is 1.69 bits per heavy atom. The Bertz CT molecular complexity index is 1340. The fourth-order valence-electron chi connectivity index (χ4n) is 4.08. The Morgan fingerprint density at radius 3 is 2.47 bits per heavy atom. The van der Waals surface area contributed by atoms with Crippen molar-refractivity contribution in [3.63, 3.8) is 0 Å². The van der Waals surface area contributed by atoms with Crippen molar-refractivity contribution in [2.75, 3.05) is 5.32 Å². The van der Waals surface area contributed by atoms with Gasteiger partial charge in [0.1, 0.15) is 11.7 Å². The van der Waals surface area contributed by atoms with E-state index in [4.69, 9.17) is 4.99 Å². The van der Waals surface area contributed by atoms with Gasteiger partial charge in [-0.25, -0.2) is 4.98 Å². The first-order valence-electron chi connectivity index (χ1n) is 10.3. The van der Waals surface area contributed by atoms with E-state index in [-0.39, 0.29) is 17.3 Å². The number of halogens is 3. The highest BCUT2D eigenvalue weighted by Gasteiger charge is 2.34. The van der Waals surface area contributed by atoms with Crippen LogP contribution in [0.1, 0.15) is 36.1 Å². The van der Waals surface area contributed by atoms with Crippen molar-refractivity contribution in [3.05, 3.63) is 89.6 Å². The van der Waals surface area contributed by atoms with Gasteiger partial charge in [0.25, 0.3) is 0 Å². The quantitative estimate of drug-likeness (QED) is 0.395. The van der Waals surface area contributed by atoms with Crippen LogP contribution < -0.4 is 5.32 Å². The summed E-state index contributed by atoms with van der Waals surface area (Å²) >= 11 is 0. The van der Waals surface area contributed by atoms with Crippen LogP contribution in [0.25, 0.3) is 22.2 Å². The maximum atomic E-state index is 13.6. The predicted octanol–water partition coefficient (Wildman–Crippen LogP) is 6.64. The molecule has 4 nitrogen and oxygen atoms in total. The van der Waals surface area contributed by atoms with E-state index in [0.717, 1.165) is 23.6 Å². The minimum Gasteiger partial charge on any atom is -0.324 e. The molecule has 1 N–H and O–H groups in total. The third-order valence-corrected chi connectivity index (χ3v) is 5.59. The fourth-order valence-corrected chi connectivity index (χ4v) is 4.08. The lowest BCUT2D eigenvalue weighted by Gasteiger charge is -2.15. The number of alkyl halides is 3. The van der Waals surface area contributed by atoms with Crippen LogP contribution in [0.2, 0.25) is 0 Å². The second-order valence-corrected chi connectivity index (χ2v) is 7.58. The van der Waals surface area contributed by atoms with Crippen molar-refractivity contribution in [1.82, 2.24) is 9.97 Å². The molecule has 7 heteroatoms. The molecule has 0 amide bonds. The van der Waals surface area contributed by atoms with Crippen LogP contribution in [0.4, 0.5) is 19.0 Å². The van der Waals surface area contributed by atoms with E-state index in [1.165, 1.54) is 12.1 Å². The van der Waals surface area contributed by atoms with E-state index >= 15 is 0 Å². The van der Waals surface area contributed by atoms with Crippen molar-refractivity contribution >= 4 is 22.6 Å². The summed E-state index contributed by atoms with van der Waals surface area (Å²) < 4.78 is 40.9. The Kier molecular flexibility index (Phi) is 4.89. The van der Waals surface area contributed by atoms with E-state index < -0.39 is 11.7 Å². The molecule has 0 radical (unpaired) electrons. The summed E-state index contributed by atoms with van der Waals surface area (Å²) in [6.45, 7) is 2.07. The predicted molar refractivity (Wildman–Crippen MR) is 120 cm³/mol. The highest BCUT2D eigenvalue weighted by Crippen LogP contribution is 2.38. The van der Waals surface area contributed by atoms with E-state index in [2.05, 4.69) is 22.2 Å². The number of fused-ring (bicyclic) bond motifs is 2. The number of hydrogen-bond donors (Lipinski definition) is 1. The second-order valence-electron chi connectivity index (χ2n) is 7.58. The molecule has 1 unspecified atom stereocenters. The minimum atomic E-state index is -4.49. The lowest BCUT2D eigenvalue weighted by Crippen LogP contribution is -2.14. The zero-order valence-electron chi connectivity index (χ0n) is 17.2. The van der Waals surface area contributed by atoms with E-state index in [9.17, 15) is 13.2 Å². The number of anilines is 1. The van der Waals surface area contributed by atoms with Crippen molar-refractivity contribution in [2.24, 2.45) is 4.99 Å². The summed E-state index contributed by atoms with van der Waals surface area (Å²) in [5.41, 5.74) is 2.12. The van der Waals surface area contributed by atoms with Gasteiger partial charge in [0.15, 0.2) is 0 Å². The number of nitrogens with zero attached hydrogens (tertiary/aromatic N) is 3. The molecule has 2 aromatic heterocycles. The molecule has 0 saturated carbocycles. The van der Waals surface area contributed by atoms with Gasteiger partial charge in [-0.1, -0.05) is 49.4 Å². The minimum absolute atomic E-state index is 0.01000. The molecule has 4 aromatic rings. The largest absolute Gasteiger partial charge is 0.417 e. The standard InChI is InChI=1S/C25H19F3N4/c1-2-20-15-8-3-4-9-16(15)23(30-20)32-24-18-11-7-13-29-21(18)14-22(31-24)17-10-5-6-12-19(17)25(26,27)28/h3-14,20H,2H2,1H3,(H,30,31,32). The number of aromatic nitrogens is 2. The molecule has 0 fully saturated rings. The lowest BCUT2D eigenvalue weighted by molar-refractivity contribution is -0.137. The third kappa shape index (κ3) is 3.49. The van der Waals surface area contributed by atoms with Gasteiger partial charge < -0.3 is 5.32 Å². The maximum absolute atomic E-state index is 13.6. The van der Waals surface area contributed by atoms with Crippen LogP contribution in [-0.4, -0.2) is 15.8 Å². The first-order valence-corrected chi connectivity index (χ1v) is 10.3. The number of aliphatic imine (C=N–C) groups is 1. The molecule has 0 spiro atoms. The molecule has 160 valence electrons. The topological polar surface area (TPSA) is 50.2 Å². The molecule has 1 aliphatic heterocycles. The number of amidine groups is 1. The Labute approximate surface area is 182 Å². The van der Waals surface area contributed by atoms with Gasteiger partial charge in [0.05, 0.1) is 22.8 Å². The number of benzene rings is 2. The highest BCUT2D eigenvalue weighted by atomic mass is 19.4. The summed E-state index contributed by atoms with van der Waals surface area (Å²) in [5, 5.41) is 4.00. The average molecular weight is 432 g/mol. The number of hydrogen-bond acceptors (Lipinski definition) is 4. The molecule has 5 rings (SSSR count). The summed E-state index contributed by atoms with van der Waals surface area (Å²) in [7, 11) is 0. The number of pyridine rings is 2. The monoisotopic (exact) mass is 432 g/mol. The van der Waals surface area contributed by atoms with Gasteiger partial charge in [0.2, 0.25) is 0 Å². The first-order chi connectivity index (χ1) is 15.5. The van der Waals surface area contributed by atoms with Gasteiger partial charge in [-0.15, -0.1) is 0 Å². The van der Waals surface area contributed by atoms with E-state index in [1.807, 2.05) is 30.3 Å². The average Bonchev–Trinajstić information content (AvgIpc) is 3.16. The SMILES string of the molecule is CCC1N=C(Nc2nc(-c3ccccc3C(F)(F)F)cc3ncccc23)c2ccccc21. The maximum Gasteiger partial charge on any atom is 0.417 e. The summed E-state index contributed by atoms with van der Waals surface area (Å²) in [4.78, 5) is 13.8. The van der Waals surface area contributed by atoms with Crippen molar-refractivity contribution in [3.8, 4) is 11.3 Å². The van der Waals surface area contributed by atoms with Crippen molar-refractivity contribution < 1.29 is 13.2 Å². The molecular formula is C25H19F3N4. The molecule has 1 atom stereocenters. The van der Waals surface area contributed by atoms with Crippen molar-refractivity contribution in [1.29, 1.82) is 0 Å². The molecular weight excluding hydrogens is 413 g/mol. The molecule has 3 heterocycles. The fraction of sp³-hybridized carbons (Fsp3) is 0.160. The lowest BCUT2D eigenvalue weighted by atomic mass is 10.0. The summed E-state index contributed by atoms with van der Waals surface area (Å²) in [6, 6.07) is 18.6. The smallest absolute Gasteiger partial charge is 0.324 e. The summed E-state index contributed by atoms with van der Waals surface area (Å²) in [5.74, 6) is 1.08.